The summed E-state index contributed by atoms with van der Waals surface area (Å²) in [6.07, 6.45) is 5.82. The summed E-state index contributed by atoms with van der Waals surface area (Å²) >= 11 is 0. The van der Waals surface area contributed by atoms with Crippen LogP contribution in [0.5, 0.6) is 5.75 Å². The van der Waals surface area contributed by atoms with Crippen LogP contribution in [0.1, 0.15) is 67.6 Å². The first-order valence-corrected chi connectivity index (χ1v) is 12.1. The number of hydrogen-bond donors (Lipinski definition) is 0. The molecule has 7 nitrogen and oxygen atoms in total. The van der Waals surface area contributed by atoms with E-state index in [1.807, 2.05) is 0 Å². The molecule has 0 aliphatic carbocycles. The maximum atomic E-state index is 13.0. The van der Waals surface area contributed by atoms with E-state index in [4.69, 9.17) is 9.15 Å². The largest absolute Gasteiger partial charge is 0.494 e. The summed E-state index contributed by atoms with van der Waals surface area (Å²) in [6, 6.07) is 11.4. The van der Waals surface area contributed by atoms with E-state index in [9.17, 15) is 14.9 Å². The quantitative estimate of drug-likeness (QED) is 0.116. The minimum Gasteiger partial charge on any atom is -0.494 e. The topological polar surface area (TPSA) is 85.8 Å². The van der Waals surface area contributed by atoms with Gasteiger partial charge < -0.3 is 14.1 Å². The number of nitro groups is 1. The second-order valence-electron chi connectivity index (χ2n) is 8.60. The predicted octanol–water partition coefficient (Wildman–Crippen LogP) is 6.55. The fourth-order valence-corrected chi connectivity index (χ4v) is 3.95. The van der Waals surface area contributed by atoms with Crippen molar-refractivity contribution >= 4 is 22.4 Å². The highest BCUT2D eigenvalue weighted by Crippen LogP contribution is 2.30. The van der Waals surface area contributed by atoms with Crippen molar-refractivity contribution in [2.75, 3.05) is 26.2 Å². The molecule has 0 saturated carbocycles. The number of fused-ring (bicyclic) bond motifs is 1. The predicted molar refractivity (Wildman–Crippen MR) is 134 cm³/mol. The molecule has 0 fully saturated rings. The average molecular weight is 467 g/mol. The molecule has 0 saturated heterocycles. The van der Waals surface area contributed by atoms with Crippen LogP contribution in [0.4, 0.5) is 5.69 Å². The molecular formula is C27H34N2O5. The van der Waals surface area contributed by atoms with Crippen LogP contribution in [0, 0.1) is 17.0 Å². The van der Waals surface area contributed by atoms with Crippen LogP contribution in [0.2, 0.25) is 0 Å². The highest BCUT2D eigenvalue weighted by Gasteiger charge is 2.21. The number of nitrogens with zero attached hydrogens (tertiary/aromatic N) is 2. The van der Waals surface area contributed by atoms with E-state index in [0.29, 0.717) is 28.7 Å². The summed E-state index contributed by atoms with van der Waals surface area (Å²) in [5.74, 6) is 0.663. The van der Waals surface area contributed by atoms with Gasteiger partial charge in [-0.3, -0.25) is 14.9 Å². The van der Waals surface area contributed by atoms with Crippen LogP contribution in [-0.4, -0.2) is 41.8 Å². The average Bonchev–Trinajstić information content (AvgIpc) is 3.18. The van der Waals surface area contributed by atoms with Crippen LogP contribution in [0.15, 0.2) is 46.9 Å². The minimum atomic E-state index is -0.458. The van der Waals surface area contributed by atoms with E-state index in [0.717, 1.165) is 31.8 Å². The third-order valence-corrected chi connectivity index (χ3v) is 6.00. The van der Waals surface area contributed by atoms with E-state index < -0.39 is 4.92 Å². The summed E-state index contributed by atoms with van der Waals surface area (Å²) in [5, 5.41) is 11.6. The number of carbonyl (C=O) groups excluding carboxylic acids is 1. The monoisotopic (exact) mass is 466 g/mol. The molecule has 0 unspecified atom stereocenters. The number of rotatable bonds is 14. The summed E-state index contributed by atoms with van der Waals surface area (Å²) in [5.41, 5.74) is 1.50. The number of hydrogen-bond acceptors (Lipinski definition) is 6. The Morgan fingerprint density at radius 3 is 2.26 bits per heavy atom. The van der Waals surface area contributed by atoms with Crippen molar-refractivity contribution in [3.63, 3.8) is 0 Å². The number of benzene rings is 2. The molecule has 7 heteroatoms. The third-order valence-electron chi connectivity index (χ3n) is 6.00. The first-order valence-electron chi connectivity index (χ1n) is 12.1. The van der Waals surface area contributed by atoms with Crippen molar-refractivity contribution in [1.82, 2.24) is 4.90 Å². The van der Waals surface area contributed by atoms with Gasteiger partial charge in [0.2, 0.25) is 5.78 Å². The van der Waals surface area contributed by atoms with Gasteiger partial charge in [0.1, 0.15) is 11.3 Å². The second-order valence-corrected chi connectivity index (χ2v) is 8.60. The van der Waals surface area contributed by atoms with Gasteiger partial charge in [-0.25, -0.2) is 0 Å². The highest BCUT2D eigenvalue weighted by molar-refractivity contribution is 6.10. The van der Waals surface area contributed by atoms with Gasteiger partial charge >= 0.3 is 0 Å². The number of carbonyl (C=O) groups is 1. The van der Waals surface area contributed by atoms with Gasteiger partial charge in [-0.05, 0) is 69.6 Å². The van der Waals surface area contributed by atoms with Gasteiger partial charge in [0.15, 0.2) is 5.76 Å². The summed E-state index contributed by atoms with van der Waals surface area (Å²) in [6.45, 7) is 10.1. The minimum absolute atomic E-state index is 0.0317. The fourth-order valence-electron chi connectivity index (χ4n) is 3.95. The molecule has 0 bridgehead atoms. The van der Waals surface area contributed by atoms with Gasteiger partial charge in [-0.2, -0.15) is 0 Å². The molecule has 2 aromatic carbocycles. The van der Waals surface area contributed by atoms with Crippen molar-refractivity contribution in [2.24, 2.45) is 0 Å². The van der Waals surface area contributed by atoms with Crippen molar-refractivity contribution in [2.45, 2.75) is 52.9 Å². The number of ether oxygens (including phenoxy) is 1. The lowest BCUT2D eigenvalue weighted by atomic mass is 10.0. The van der Waals surface area contributed by atoms with Crippen LogP contribution >= 0.6 is 0 Å². The molecule has 3 aromatic rings. The molecule has 0 spiro atoms. The van der Waals surface area contributed by atoms with E-state index in [-0.39, 0.29) is 17.2 Å². The molecule has 3 rings (SSSR count). The Labute approximate surface area is 200 Å². The molecule has 0 N–H and O–H groups in total. The van der Waals surface area contributed by atoms with Gasteiger partial charge in [-0.1, -0.05) is 26.7 Å². The Hall–Kier alpha value is -3.19. The Bertz CT molecular complexity index is 1100. The number of unbranched alkanes of at least 4 members (excludes halogenated alkanes) is 2. The van der Waals surface area contributed by atoms with Gasteiger partial charge in [0.25, 0.3) is 5.69 Å². The Balaban J connectivity index is 1.58. The zero-order valence-electron chi connectivity index (χ0n) is 20.3. The maximum Gasteiger partial charge on any atom is 0.270 e. The van der Waals surface area contributed by atoms with Gasteiger partial charge in [0.05, 0.1) is 11.5 Å². The molecule has 0 amide bonds. The maximum absolute atomic E-state index is 13.0. The summed E-state index contributed by atoms with van der Waals surface area (Å²) in [7, 11) is 0. The Morgan fingerprint density at radius 1 is 1.00 bits per heavy atom. The number of aryl methyl sites for hydroxylation is 1. The fraction of sp³-hybridized carbons (Fsp3) is 0.444. The van der Waals surface area contributed by atoms with Crippen molar-refractivity contribution < 1.29 is 18.9 Å². The molecule has 34 heavy (non-hydrogen) atoms. The first-order chi connectivity index (χ1) is 16.4. The molecular weight excluding hydrogens is 432 g/mol. The lowest BCUT2D eigenvalue weighted by Crippen LogP contribution is -2.28. The zero-order valence-corrected chi connectivity index (χ0v) is 20.3. The van der Waals surface area contributed by atoms with Gasteiger partial charge in [0, 0.05) is 35.2 Å². The summed E-state index contributed by atoms with van der Waals surface area (Å²) < 4.78 is 11.6. The number of non-ortho nitro benzene ring substituents is 1. The third kappa shape index (κ3) is 6.44. The molecule has 0 aliphatic heterocycles. The van der Waals surface area contributed by atoms with Crippen molar-refractivity contribution in [3.05, 3.63) is 69.5 Å². The lowest BCUT2D eigenvalue weighted by molar-refractivity contribution is -0.384. The molecule has 0 radical (unpaired) electrons. The van der Waals surface area contributed by atoms with E-state index >= 15 is 0 Å². The van der Waals surface area contributed by atoms with Crippen molar-refractivity contribution in [1.29, 1.82) is 0 Å². The van der Waals surface area contributed by atoms with Crippen LogP contribution < -0.4 is 4.74 Å². The normalized spacial score (nSPS) is 11.3. The second kappa shape index (κ2) is 12.3. The molecule has 1 aromatic heterocycles. The smallest absolute Gasteiger partial charge is 0.270 e. The SMILES string of the molecule is CCCCN(CCCC)CCCOc1ccc(C(=O)c2oc3ccc([N+](=O)[O-])cc3c2C)cc1. The van der Waals surface area contributed by atoms with E-state index in [1.165, 1.54) is 43.9 Å². The number of furan rings is 1. The lowest BCUT2D eigenvalue weighted by Gasteiger charge is -2.21. The van der Waals surface area contributed by atoms with Crippen LogP contribution in [0.3, 0.4) is 0 Å². The number of ketones is 1. The number of nitro benzene ring substituents is 1. The highest BCUT2D eigenvalue weighted by atomic mass is 16.6. The van der Waals surface area contributed by atoms with Gasteiger partial charge in [-0.15, -0.1) is 0 Å². The van der Waals surface area contributed by atoms with E-state index in [1.54, 1.807) is 31.2 Å². The Morgan fingerprint density at radius 2 is 1.65 bits per heavy atom. The molecule has 1 heterocycles. The standard InChI is InChI=1S/C27H34N2O5/c1-4-6-15-28(16-7-5-2)17-8-18-33-23-12-9-21(10-13-23)26(30)27-20(3)24-19-22(29(31)32)11-14-25(24)34-27/h9-14,19H,4-8,15-18H2,1-3H3. The first kappa shape index (κ1) is 25.4. The van der Waals surface area contributed by atoms with E-state index in [2.05, 4.69) is 18.7 Å². The van der Waals surface area contributed by atoms with Crippen LogP contribution in [-0.2, 0) is 0 Å². The summed E-state index contributed by atoms with van der Waals surface area (Å²) in [4.78, 5) is 26.1. The van der Waals surface area contributed by atoms with Crippen molar-refractivity contribution in [3.8, 4) is 5.75 Å². The van der Waals surface area contributed by atoms with Crippen LogP contribution in [0.25, 0.3) is 11.0 Å². The molecule has 0 aliphatic rings. The molecule has 0 atom stereocenters. The molecule has 182 valence electrons. The zero-order chi connectivity index (χ0) is 24.5. The Kier molecular flexibility index (Phi) is 9.22.